The van der Waals surface area contributed by atoms with Crippen LogP contribution in [0.5, 0.6) is 11.5 Å². The second-order valence-electron chi connectivity index (χ2n) is 4.96. The third-order valence-corrected chi connectivity index (χ3v) is 3.32. The third-order valence-electron chi connectivity index (χ3n) is 3.32. The minimum absolute atomic E-state index is 0.356. The van der Waals surface area contributed by atoms with Crippen molar-refractivity contribution in [3.63, 3.8) is 0 Å². The summed E-state index contributed by atoms with van der Waals surface area (Å²) in [5.74, 6) is 1.01. The van der Waals surface area contributed by atoms with Crippen molar-refractivity contribution in [2.45, 2.75) is 27.2 Å². The van der Waals surface area contributed by atoms with Crippen molar-refractivity contribution in [1.82, 2.24) is 0 Å². The summed E-state index contributed by atoms with van der Waals surface area (Å²) in [7, 11) is 0. The molecule has 0 bridgehead atoms. The number of esters is 1. The zero-order chi connectivity index (χ0) is 15.2. The van der Waals surface area contributed by atoms with E-state index in [1.165, 1.54) is 0 Å². The number of hydrogen-bond acceptors (Lipinski definition) is 3. The van der Waals surface area contributed by atoms with Crippen molar-refractivity contribution in [3.05, 3.63) is 59.2 Å². The van der Waals surface area contributed by atoms with Crippen LogP contribution in [0.4, 0.5) is 0 Å². The van der Waals surface area contributed by atoms with Gasteiger partial charge in [-0.25, -0.2) is 4.79 Å². The molecule has 2 aromatic rings. The zero-order valence-corrected chi connectivity index (χ0v) is 12.7. The Morgan fingerprint density at radius 1 is 1.05 bits per heavy atom. The SMILES string of the molecule is CCCOc1ccc(C(=O)Oc2cccc(C)c2C)cc1. The normalized spacial score (nSPS) is 10.2. The van der Waals surface area contributed by atoms with E-state index in [1.807, 2.05) is 26.0 Å². The fraction of sp³-hybridized carbons (Fsp3) is 0.278. The topological polar surface area (TPSA) is 35.5 Å². The van der Waals surface area contributed by atoms with Crippen molar-refractivity contribution in [2.75, 3.05) is 6.61 Å². The van der Waals surface area contributed by atoms with Crippen molar-refractivity contribution in [2.24, 2.45) is 0 Å². The molecule has 21 heavy (non-hydrogen) atoms. The number of rotatable bonds is 5. The molecule has 0 N–H and O–H groups in total. The molecule has 110 valence electrons. The quantitative estimate of drug-likeness (QED) is 0.606. The zero-order valence-electron chi connectivity index (χ0n) is 12.7. The highest BCUT2D eigenvalue weighted by Crippen LogP contribution is 2.22. The van der Waals surface area contributed by atoms with Gasteiger partial charge in [-0.15, -0.1) is 0 Å². The lowest BCUT2D eigenvalue weighted by atomic mass is 10.1. The molecule has 0 aromatic heterocycles. The Kier molecular flexibility index (Phi) is 4.99. The van der Waals surface area contributed by atoms with E-state index in [4.69, 9.17) is 9.47 Å². The molecule has 3 heteroatoms. The van der Waals surface area contributed by atoms with Gasteiger partial charge in [0.15, 0.2) is 0 Å². The molecular weight excluding hydrogens is 264 g/mol. The molecule has 2 aromatic carbocycles. The van der Waals surface area contributed by atoms with E-state index in [0.717, 1.165) is 23.3 Å². The molecule has 0 saturated carbocycles. The highest BCUT2D eigenvalue weighted by atomic mass is 16.5. The molecule has 0 fully saturated rings. The molecule has 0 saturated heterocycles. The van der Waals surface area contributed by atoms with Crippen LogP contribution in [0.3, 0.4) is 0 Å². The average molecular weight is 284 g/mol. The maximum Gasteiger partial charge on any atom is 0.343 e. The van der Waals surface area contributed by atoms with Crippen molar-refractivity contribution in [1.29, 1.82) is 0 Å². The molecule has 0 aliphatic carbocycles. The largest absolute Gasteiger partial charge is 0.494 e. The van der Waals surface area contributed by atoms with E-state index >= 15 is 0 Å². The van der Waals surface area contributed by atoms with Crippen LogP contribution in [0.15, 0.2) is 42.5 Å². The summed E-state index contributed by atoms with van der Waals surface area (Å²) in [4.78, 5) is 12.1. The summed E-state index contributed by atoms with van der Waals surface area (Å²) >= 11 is 0. The smallest absolute Gasteiger partial charge is 0.343 e. The van der Waals surface area contributed by atoms with E-state index in [2.05, 4.69) is 6.92 Å². The second-order valence-corrected chi connectivity index (χ2v) is 4.96. The highest BCUT2D eigenvalue weighted by Gasteiger charge is 2.11. The summed E-state index contributed by atoms with van der Waals surface area (Å²) in [6, 6.07) is 12.7. The van der Waals surface area contributed by atoms with Crippen LogP contribution in [-0.4, -0.2) is 12.6 Å². The molecular formula is C18H20O3. The lowest BCUT2D eigenvalue weighted by Gasteiger charge is -2.10. The van der Waals surface area contributed by atoms with Crippen LogP contribution < -0.4 is 9.47 Å². The van der Waals surface area contributed by atoms with Gasteiger partial charge in [0.2, 0.25) is 0 Å². The van der Waals surface area contributed by atoms with Crippen LogP contribution in [0, 0.1) is 13.8 Å². The molecule has 0 aliphatic heterocycles. The highest BCUT2D eigenvalue weighted by molar-refractivity contribution is 5.91. The van der Waals surface area contributed by atoms with E-state index in [1.54, 1.807) is 30.3 Å². The standard InChI is InChI=1S/C18H20O3/c1-4-12-20-16-10-8-15(9-11-16)18(19)21-17-7-5-6-13(2)14(17)3/h5-11H,4,12H2,1-3H3. The molecule has 0 aliphatic rings. The fourth-order valence-electron chi connectivity index (χ4n) is 1.90. The monoisotopic (exact) mass is 284 g/mol. The van der Waals surface area contributed by atoms with E-state index in [0.29, 0.717) is 17.9 Å². The summed E-state index contributed by atoms with van der Waals surface area (Å²) < 4.78 is 10.9. The first-order valence-corrected chi connectivity index (χ1v) is 7.13. The van der Waals surface area contributed by atoms with Crippen molar-refractivity contribution < 1.29 is 14.3 Å². The Labute approximate surface area is 125 Å². The lowest BCUT2D eigenvalue weighted by molar-refractivity contribution is 0.0733. The van der Waals surface area contributed by atoms with Gasteiger partial charge in [0.1, 0.15) is 11.5 Å². The van der Waals surface area contributed by atoms with Gasteiger partial charge in [0.05, 0.1) is 12.2 Å². The Balaban J connectivity index is 2.08. The average Bonchev–Trinajstić information content (AvgIpc) is 2.50. The van der Waals surface area contributed by atoms with Crippen LogP contribution in [-0.2, 0) is 0 Å². The number of ether oxygens (including phenoxy) is 2. The first-order valence-electron chi connectivity index (χ1n) is 7.13. The van der Waals surface area contributed by atoms with Crippen LogP contribution in [0.25, 0.3) is 0 Å². The number of benzene rings is 2. The summed E-state index contributed by atoms with van der Waals surface area (Å²) in [5, 5.41) is 0. The van der Waals surface area contributed by atoms with E-state index in [9.17, 15) is 4.79 Å². The molecule has 3 nitrogen and oxygen atoms in total. The van der Waals surface area contributed by atoms with E-state index < -0.39 is 0 Å². The number of carbonyl (C=O) groups excluding carboxylic acids is 1. The molecule has 0 amide bonds. The van der Waals surface area contributed by atoms with Gasteiger partial charge in [-0.2, -0.15) is 0 Å². The molecule has 2 rings (SSSR count). The Morgan fingerprint density at radius 2 is 1.76 bits per heavy atom. The first kappa shape index (κ1) is 15.1. The molecule has 0 unspecified atom stereocenters. The van der Waals surface area contributed by atoms with Crippen LogP contribution >= 0.6 is 0 Å². The summed E-state index contributed by atoms with van der Waals surface area (Å²) in [5.41, 5.74) is 2.59. The summed E-state index contributed by atoms with van der Waals surface area (Å²) in [6.45, 7) is 6.66. The first-order chi connectivity index (χ1) is 10.1. The third kappa shape index (κ3) is 3.85. The van der Waals surface area contributed by atoms with E-state index in [-0.39, 0.29) is 5.97 Å². The molecule has 0 radical (unpaired) electrons. The Morgan fingerprint density at radius 3 is 2.43 bits per heavy atom. The molecule has 0 atom stereocenters. The second kappa shape index (κ2) is 6.93. The van der Waals surface area contributed by atoms with Gasteiger partial charge < -0.3 is 9.47 Å². The maximum absolute atomic E-state index is 12.1. The minimum Gasteiger partial charge on any atom is -0.494 e. The number of hydrogen-bond donors (Lipinski definition) is 0. The molecule has 0 heterocycles. The van der Waals surface area contributed by atoms with Gasteiger partial charge in [0.25, 0.3) is 0 Å². The Hall–Kier alpha value is -2.29. The predicted molar refractivity (Wildman–Crippen MR) is 83.1 cm³/mol. The van der Waals surface area contributed by atoms with Gasteiger partial charge >= 0.3 is 5.97 Å². The summed E-state index contributed by atoms with van der Waals surface area (Å²) in [6.07, 6.45) is 0.955. The van der Waals surface area contributed by atoms with Crippen molar-refractivity contribution >= 4 is 5.97 Å². The van der Waals surface area contributed by atoms with Crippen LogP contribution in [0.1, 0.15) is 34.8 Å². The van der Waals surface area contributed by atoms with Crippen molar-refractivity contribution in [3.8, 4) is 11.5 Å². The fourth-order valence-corrected chi connectivity index (χ4v) is 1.90. The number of aryl methyl sites for hydroxylation is 1. The van der Waals surface area contributed by atoms with Gasteiger partial charge in [-0.05, 0) is 61.7 Å². The maximum atomic E-state index is 12.1. The lowest BCUT2D eigenvalue weighted by Crippen LogP contribution is -2.09. The number of carbonyl (C=O) groups is 1. The van der Waals surface area contributed by atoms with Gasteiger partial charge in [-0.1, -0.05) is 19.1 Å². The minimum atomic E-state index is -0.356. The van der Waals surface area contributed by atoms with Gasteiger partial charge in [0, 0.05) is 0 Å². The van der Waals surface area contributed by atoms with Crippen LogP contribution in [0.2, 0.25) is 0 Å². The molecule has 0 spiro atoms. The van der Waals surface area contributed by atoms with Gasteiger partial charge in [-0.3, -0.25) is 0 Å². The Bertz CT molecular complexity index is 615. The predicted octanol–water partition coefficient (Wildman–Crippen LogP) is 4.31.